The average molecular weight is 401 g/mol. The first-order chi connectivity index (χ1) is 14.2. The van der Waals surface area contributed by atoms with E-state index in [0.717, 1.165) is 16.1 Å². The molecule has 1 aliphatic rings. The van der Waals surface area contributed by atoms with E-state index in [4.69, 9.17) is 9.47 Å². The zero-order valence-corrected chi connectivity index (χ0v) is 15.9. The summed E-state index contributed by atoms with van der Waals surface area (Å²) in [5.74, 6) is -1.76. The molecule has 5 rings (SSSR count). The quantitative estimate of drug-likeness (QED) is 0.510. The molecule has 0 atom stereocenters. The molecular weight excluding hydrogens is 386 g/mol. The molecule has 0 saturated carbocycles. The first-order valence-corrected chi connectivity index (χ1v) is 9.85. The van der Waals surface area contributed by atoms with Crippen molar-refractivity contribution in [1.82, 2.24) is 4.98 Å². The molecule has 0 bridgehead atoms. The average Bonchev–Trinajstić information content (AvgIpc) is 3.43. The topological polar surface area (TPSA) is 68.7 Å². The zero-order valence-electron chi connectivity index (χ0n) is 15.1. The van der Waals surface area contributed by atoms with E-state index in [1.54, 1.807) is 18.3 Å². The van der Waals surface area contributed by atoms with Crippen molar-refractivity contribution in [3.05, 3.63) is 101 Å². The van der Waals surface area contributed by atoms with Crippen molar-refractivity contribution in [2.45, 2.75) is 5.79 Å². The lowest BCUT2D eigenvalue weighted by atomic mass is 9.97. The number of hydrogen-bond donors (Lipinski definition) is 1. The Bertz CT molecular complexity index is 1140. The van der Waals surface area contributed by atoms with Crippen LogP contribution >= 0.6 is 11.3 Å². The second-order valence-corrected chi connectivity index (χ2v) is 7.44. The Kier molecular flexibility index (Phi) is 4.07. The van der Waals surface area contributed by atoms with Crippen molar-refractivity contribution >= 4 is 17.3 Å². The lowest BCUT2D eigenvalue weighted by molar-refractivity contribution is -0.0461. The Labute approximate surface area is 170 Å². The molecule has 0 unspecified atom stereocenters. The number of ether oxygens (including phenoxy) is 2. The molecule has 0 aliphatic carbocycles. The number of benzene rings is 3. The third-order valence-corrected chi connectivity index (χ3v) is 5.59. The Morgan fingerprint density at radius 3 is 2.14 bits per heavy atom. The maximum absolute atomic E-state index is 12.0. The van der Waals surface area contributed by atoms with E-state index in [1.807, 2.05) is 66.0 Å². The molecule has 5 nitrogen and oxygen atoms in total. The van der Waals surface area contributed by atoms with Crippen LogP contribution in [0.4, 0.5) is 0 Å². The van der Waals surface area contributed by atoms with E-state index in [9.17, 15) is 9.90 Å². The summed E-state index contributed by atoms with van der Waals surface area (Å²) in [5.41, 5.74) is 2.27. The smallest absolute Gasteiger partial charge is 0.339 e. The number of thiazole rings is 1. The molecule has 3 aromatic carbocycles. The standard InChI is InChI=1S/C23H15NO4S/c25-22(26)18-13-15(21-24-11-12-29-21)14-19-20(18)28-23(27-19,16-7-3-1-4-8-16)17-9-5-2-6-10-17/h1-14H,(H,25,26). The summed E-state index contributed by atoms with van der Waals surface area (Å²) in [6.07, 6.45) is 1.68. The number of carboxylic acid groups (broad SMARTS) is 1. The Balaban J connectivity index is 1.72. The monoisotopic (exact) mass is 401 g/mol. The second-order valence-electron chi connectivity index (χ2n) is 6.55. The van der Waals surface area contributed by atoms with Crippen LogP contribution in [-0.4, -0.2) is 16.1 Å². The van der Waals surface area contributed by atoms with Crippen LogP contribution < -0.4 is 9.47 Å². The van der Waals surface area contributed by atoms with Crippen LogP contribution in [0.25, 0.3) is 10.6 Å². The molecule has 142 valence electrons. The van der Waals surface area contributed by atoms with Crippen LogP contribution in [0.5, 0.6) is 11.5 Å². The highest BCUT2D eigenvalue weighted by Gasteiger charge is 2.47. The first kappa shape index (κ1) is 17.5. The summed E-state index contributed by atoms with van der Waals surface area (Å²) >= 11 is 1.43. The van der Waals surface area contributed by atoms with Crippen LogP contribution in [0, 0.1) is 0 Å². The van der Waals surface area contributed by atoms with Gasteiger partial charge in [0.2, 0.25) is 0 Å². The fraction of sp³-hybridized carbons (Fsp3) is 0.0435. The van der Waals surface area contributed by atoms with Gasteiger partial charge in [0.15, 0.2) is 11.5 Å². The number of fused-ring (bicyclic) bond motifs is 1. The lowest BCUT2D eigenvalue weighted by Crippen LogP contribution is -2.36. The highest BCUT2D eigenvalue weighted by atomic mass is 32.1. The number of carbonyl (C=O) groups is 1. The Morgan fingerprint density at radius 1 is 0.931 bits per heavy atom. The molecule has 1 aliphatic heterocycles. The van der Waals surface area contributed by atoms with E-state index in [0.29, 0.717) is 11.3 Å². The van der Waals surface area contributed by atoms with Gasteiger partial charge < -0.3 is 14.6 Å². The van der Waals surface area contributed by atoms with Crippen molar-refractivity contribution < 1.29 is 19.4 Å². The van der Waals surface area contributed by atoms with Gasteiger partial charge >= 0.3 is 11.8 Å². The van der Waals surface area contributed by atoms with Gasteiger partial charge in [0, 0.05) is 28.3 Å². The Hall–Kier alpha value is -3.64. The third-order valence-electron chi connectivity index (χ3n) is 4.77. The molecule has 2 heterocycles. The van der Waals surface area contributed by atoms with E-state index >= 15 is 0 Å². The minimum Gasteiger partial charge on any atom is -0.478 e. The van der Waals surface area contributed by atoms with Crippen molar-refractivity contribution in [2.75, 3.05) is 0 Å². The molecular formula is C23H15NO4S. The third kappa shape index (κ3) is 2.85. The summed E-state index contributed by atoms with van der Waals surface area (Å²) in [5, 5.41) is 12.4. The van der Waals surface area contributed by atoms with Crippen LogP contribution in [-0.2, 0) is 5.79 Å². The summed E-state index contributed by atoms with van der Waals surface area (Å²) < 4.78 is 12.7. The zero-order chi connectivity index (χ0) is 19.8. The second kappa shape index (κ2) is 6.76. The molecule has 0 fully saturated rings. The highest BCUT2D eigenvalue weighted by Crippen LogP contribution is 2.50. The number of rotatable bonds is 4. The van der Waals surface area contributed by atoms with Gasteiger partial charge in [0.1, 0.15) is 10.6 Å². The molecule has 4 aromatic rings. The van der Waals surface area contributed by atoms with Gasteiger partial charge in [-0.2, -0.15) is 0 Å². The maximum atomic E-state index is 12.0. The number of nitrogens with zero attached hydrogens (tertiary/aromatic N) is 1. The van der Waals surface area contributed by atoms with E-state index in [1.165, 1.54) is 11.3 Å². The van der Waals surface area contributed by atoms with Gasteiger partial charge in [0.05, 0.1) is 0 Å². The van der Waals surface area contributed by atoms with E-state index in [-0.39, 0.29) is 11.3 Å². The number of aromatic nitrogens is 1. The minimum absolute atomic E-state index is 0.0430. The largest absolute Gasteiger partial charge is 0.478 e. The van der Waals surface area contributed by atoms with E-state index in [2.05, 4.69) is 4.98 Å². The van der Waals surface area contributed by atoms with Crippen LogP contribution in [0.3, 0.4) is 0 Å². The van der Waals surface area contributed by atoms with Gasteiger partial charge in [-0.25, -0.2) is 9.78 Å². The van der Waals surface area contributed by atoms with Crippen LogP contribution in [0.2, 0.25) is 0 Å². The van der Waals surface area contributed by atoms with Crippen molar-refractivity contribution in [3.63, 3.8) is 0 Å². The van der Waals surface area contributed by atoms with Crippen molar-refractivity contribution in [3.8, 4) is 22.1 Å². The molecule has 29 heavy (non-hydrogen) atoms. The summed E-state index contributed by atoms with van der Waals surface area (Å²) in [6, 6.07) is 22.4. The Morgan fingerprint density at radius 2 is 1.59 bits per heavy atom. The predicted molar refractivity (Wildman–Crippen MR) is 109 cm³/mol. The van der Waals surface area contributed by atoms with Crippen molar-refractivity contribution in [2.24, 2.45) is 0 Å². The minimum atomic E-state index is -1.27. The van der Waals surface area contributed by atoms with Gasteiger partial charge in [-0.05, 0) is 12.1 Å². The molecule has 1 N–H and O–H groups in total. The summed E-state index contributed by atoms with van der Waals surface area (Å²) in [6.45, 7) is 0. The molecule has 0 saturated heterocycles. The molecule has 6 heteroatoms. The molecule has 0 radical (unpaired) electrons. The lowest BCUT2D eigenvalue weighted by Gasteiger charge is -2.28. The fourth-order valence-electron chi connectivity index (χ4n) is 3.47. The van der Waals surface area contributed by atoms with E-state index < -0.39 is 11.8 Å². The van der Waals surface area contributed by atoms with Gasteiger partial charge in [-0.3, -0.25) is 0 Å². The highest BCUT2D eigenvalue weighted by molar-refractivity contribution is 7.13. The van der Waals surface area contributed by atoms with Gasteiger partial charge in [0.25, 0.3) is 0 Å². The summed E-state index contributed by atoms with van der Waals surface area (Å²) in [4.78, 5) is 16.3. The number of carboxylic acids is 1. The normalized spacial score (nSPS) is 13.9. The van der Waals surface area contributed by atoms with Gasteiger partial charge in [-0.15, -0.1) is 11.3 Å². The predicted octanol–water partition coefficient (Wildman–Crippen LogP) is 5.18. The van der Waals surface area contributed by atoms with Crippen LogP contribution in [0.15, 0.2) is 84.4 Å². The maximum Gasteiger partial charge on any atom is 0.339 e. The first-order valence-electron chi connectivity index (χ1n) is 8.98. The SMILES string of the molecule is O=C(O)c1cc(-c2nccs2)cc2c1OC(c1ccccc1)(c1ccccc1)O2. The molecule has 0 spiro atoms. The summed E-state index contributed by atoms with van der Waals surface area (Å²) in [7, 11) is 0. The van der Waals surface area contributed by atoms with Crippen molar-refractivity contribution in [1.29, 1.82) is 0 Å². The number of hydrogen-bond acceptors (Lipinski definition) is 5. The number of aromatic carboxylic acids is 1. The van der Waals surface area contributed by atoms with Crippen LogP contribution in [0.1, 0.15) is 21.5 Å². The van der Waals surface area contributed by atoms with Gasteiger partial charge in [-0.1, -0.05) is 60.7 Å². The molecule has 1 aromatic heterocycles. The fourth-order valence-corrected chi connectivity index (χ4v) is 4.09. The molecule has 0 amide bonds.